The van der Waals surface area contributed by atoms with Crippen LogP contribution in [0, 0.1) is 5.92 Å². The molecule has 20 heavy (non-hydrogen) atoms. The van der Waals surface area contributed by atoms with E-state index in [1.807, 2.05) is 0 Å². The van der Waals surface area contributed by atoms with Crippen LogP contribution in [0.15, 0.2) is 0 Å². The van der Waals surface area contributed by atoms with Crippen molar-refractivity contribution in [1.82, 2.24) is 15.1 Å². The van der Waals surface area contributed by atoms with Gasteiger partial charge in [0, 0.05) is 26.2 Å². The second-order valence-electron chi connectivity index (χ2n) is 5.37. The molecule has 2 atom stereocenters. The molecule has 0 aromatic carbocycles. The highest BCUT2D eigenvalue weighted by atomic mass is 16.5. The number of hydrogen-bond acceptors (Lipinski definition) is 4. The lowest BCUT2D eigenvalue weighted by atomic mass is 10.0. The smallest absolute Gasteiger partial charge is 0.317 e. The Hall–Kier alpha value is -1.34. The number of amides is 2. The average molecular weight is 285 g/mol. The monoisotopic (exact) mass is 285 g/mol. The van der Waals surface area contributed by atoms with Gasteiger partial charge in [-0.2, -0.15) is 0 Å². The molecule has 0 aromatic rings. The molecule has 0 aromatic heterocycles. The van der Waals surface area contributed by atoms with Crippen molar-refractivity contribution in [3.8, 4) is 0 Å². The molecule has 0 aliphatic carbocycles. The summed E-state index contributed by atoms with van der Waals surface area (Å²) in [5, 5.41) is 11.8. The predicted molar refractivity (Wildman–Crippen MR) is 72.6 cm³/mol. The second-order valence-corrected chi connectivity index (χ2v) is 5.37. The molecule has 0 saturated carbocycles. The third kappa shape index (κ3) is 3.61. The molecule has 2 heterocycles. The fourth-order valence-corrected chi connectivity index (χ4v) is 2.68. The Morgan fingerprint density at radius 3 is 2.55 bits per heavy atom. The molecule has 2 amide bonds. The normalized spacial score (nSPS) is 27.6. The van der Waals surface area contributed by atoms with E-state index in [4.69, 9.17) is 9.84 Å². The first-order valence-corrected chi connectivity index (χ1v) is 7.20. The lowest BCUT2D eigenvalue weighted by Crippen LogP contribution is -2.55. The van der Waals surface area contributed by atoms with E-state index < -0.39 is 17.9 Å². The summed E-state index contributed by atoms with van der Waals surface area (Å²) in [7, 11) is 0. The molecule has 114 valence electrons. The van der Waals surface area contributed by atoms with Crippen molar-refractivity contribution in [1.29, 1.82) is 0 Å². The number of hydrogen-bond donors (Lipinski definition) is 2. The van der Waals surface area contributed by atoms with E-state index in [0.717, 1.165) is 26.1 Å². The molecule has 7 nitrogen and oxygen atoms in total. The first kappa shape index (κ1) is 15.1. The molecular weight excluding hydrogens is 262 g/mol. The molecule has 0 spiro atoms. The highest BCUT2D eigenvalue weighted by Gasteiger charge is 2.36. The van der Waals surface area contributed by atoms with E-state index in [0.29, 0.717) is 13.1 Å². The van der Waals surface area contributed by atoms with Crippen LogP contribution in [0.3, 0.4) is 0 Å². The van der Waals surface area contributed by atoms with Crippen LogP contribution in [0.4, 0.5) is 4.79 Å². The molecule has 0 radical (unpaired) electrons. The minimum atomic E-state index is -0.916. The van der Waals surface area contributed by atoms with Crippen molar-refractivity contribution in [3.05, 3.63) is 0 Å². The average Bonchev–Trinajstić information content (AvgIpc) is 2.88. The molecular formula is C13H23N3O4. The SMILES string of the molecule is CCCN1CCN(C(=O)NC2COCC2C(=O)O)CC1. The maximum Gasteiger partial charge on any atom is 0.317 e. The highest BCUT2D eigenvalue weighted by Crippen LogP contribution is 2.14. The van der Waals surface area contributed by atoms with Gasteiger partial charge in [-0.1, -0.05) is 6.92 Å². The third-order valence-electron chi connectivity index (χ3n) is 3.91. The van der Waals surface area contributed by atoms with Crippen molar-refractivity contribution < 1.29 is 19.4 Å². The number of carboxylic acid groups (broad SMARTS) is 1. The van der Waals surface area contributed by atoms with Gasteiger partial charge in [0.1, 0.15) is 5.92 Å². The fourth-order valence-electron chi connectivity index (χ4n) is 2.68. The number of ether oxygens (including phenoxy) is 1. The number of carbonyl (C=O) groups is 2. The van der Waals surface area contributed by atoms with Crippen LogP contribution in [-0.2, 0) is 9.53 Å². The van der Waals surface area contributed by atoms with E-state index in [9.17, 15) is 9.59 Å². The number of urea groups is 1. The molecule has 7 heteroatoms. The van der Waals surface area contributed by atoms with Crippen LogP contribution in [0.2, 0.25) is 0 Å². The molecule has 0 bridgehead atoms. The third-order valence-corrected chi connectivity index (χ3v) is 3.91. The van der Waals surface area contributed by atoms with Crippen molar-refractivity contribution >= 4 is 12.0 Å². The van der Waals surface area contributed by atoms with Gasteiger partial charge in [-0.25, -0.2) is 4.79 Å². The molecule has 2 saturated heterocycles. The Balaban J connectivity index is 1.79. The molecule has 2 N–H and O–H groups in total. The lowest BCUT2D eigenvalue weighted by Gasteiger charge is -2.35. The number of nitrogens with zero attached hydrogens (tertiary/aromatic N) is 2. The Morgan fingerprint density at radius 2 is 1.95 bits per heavy atom. The number of piperazine rings is 1. The van der Waals surface area contributed by atoms with Crippen LogP contribution >= 0.6 is 0 Å². The van der Waals surface area contributed by atoms with Gasteiger partial charge >= 0.3 is 12.0 Å². The number of nitrogens with one attached hydrogen (secondary N) is 1. The van der Waals surface area contributed by atoms with Crippen LogP contribution in [-0.4, -0.2) is 78.9 Å². The van der Waals surface area contributed by atoms with E-state index in [1.54, 1.807) is 4.90 Å². The Bertz CT molecular complexity index is 356. The zero-order valence-electron chi connectivity index (χ0n) is 11.9. The number of carboxylic acids is 1. The summed E-state index contributed by atoms with van der Waals surface area (Å²) in [5.74, 6) is -1.55. The van der Waals surface area contributed by atoms with Crippen LogP contribution < -0.4 is 5.32 Å². The minimum Gasteiger partial charge on any atom is -0.481 e. The van der Waals surface area contributed by atoms with Gasteiger partial charge in [0.25, 0.3) is 0 Å². The topological polar surface area (TPSA) is 82.1 Å². The summed E-state index contributed by atoms with van der Waals surface area (Å²) in [5.41, 5.74) is 0. The highest BCUT2D eigenvalue weighted by molar-refractivity contribution is 5.77. The van der Waals surface area contributed by atoms with Gasteiger partial charge in [-0.15, -0.1) is 0 Å². The summed E-state index contributed by atoms with van der Waals surface area (Å²) < 4.78 is 5.15. The van der Waals surface area contributed by atoms with Crippen molar-refractivity contribution in [2.24, 2.45) is 5.92 Å². The molecule has 2 aliphatic rings. The minimum absolute atomic E-state index is 0.171. The fraction of sp³-hybridized carbons (Fsp3) is 0.846. The van der Waals surface area contributed by atoms with Crippen molar-refractivity contribution in [3.63, 3.8) is 0 Å². The molecule has 2 unspecified atom stereocenters. The standard InChI is InChI=1S/C13H23N3O4/c1-2-3-15-4-6-16(7-5-15)13(19)14-11-9-20-8-10(11)12(17)18/h10-11H,2-9H2,1H3,(H,14,19)(H,17,18). The van der Waals surface area contributed by atoms with Gasteiger partial charge in [0.2, 0.25) is 0 Å². The largest absolute Gasteiger partial charge is 0.481 e. The van der Waals surface area contributed by atoms with Crippen LogP contribution in [0.5, 0.6) is 0 Å². The molecule has 2 rings (SSSR count). The Labute approximate surface area is 118 Å². The van der Waals surface area contributed by atoms with E-state index in [2.05, 4.69) is 17.1 Å². The zero-order valence-corrected chi connectivity index (χ0v) is 11.9. The molecule has 2 fully saturated rings. The van der Waals surface area contributed by atoms with Crippen molar-refractivity contribution in [2.75, 3.05) is 45.9 Å². The van der Waals surface area contributed by atoms with E-state index in [1.165, 1.54) is 0 Å². The number of aliphatic carboxylic acids is 1. The summed E-state index contributed by atoms with van der Waals surface area (Å²) in [6, 6.07) is -0.600. The van der Waals surface area contributed by atoms with E-state index in [-0.39, 0.29) is 19.2 Å². The number of carbonyl (C=O) groups excluding carboxylic acids is 1. The summed E-state index contributed by atoms with van der Waals surface area (Å²) in [4.78, 5) is 27.3. The lowest BCUT2D eigenvalue weighted by molar-refractivity contribution is -0.142. The van der Waals surface area contributed by atoms with Gasteiger partial charge < -0.3 is 20.1 Å². The predicted octanol–water partition coefficient (Wildman–Crippen LogP) is -0.177. The van der Waals surface area contributed by atoms with Gasteiger partial charge in [0.15, 0.2) is 0 Å². The summed E-state index contributed by atoms with van der Waals surface area (Å²) >= 11 is 0. The first-order chi connectivity index (χ1) is 9.61. The maximum atomic E-state index is 12.1. The quantitative estimate of drug-likeness (QED) is 0.749. The summed E-state index contributed by atoms with van der Waals surface area (Å²) in [6.45, 7) is 6.80. The second kappa shape index (κ2) is 6.90. The van der Waals surface area contributed by atoms with Gasteiger partial charge in [0.05, 0.1) is 19.3 Å². The van der Waals surface area contributed by atoms with E-state index >= 15 is 0 Å². The Morgan fingerprint density at radius 1 is 1.25 bits per heavy atom. The molecule has 2 aliphatic heterocycles. The first-order valence-electron chi connectivity index (χ1n) is 7.20. The zero-order chi connectivity index (χ0) is 14.5. The maximum absolute atomic E-state index is 12.1. The van der Waals surface area contributed by atoms with Gasteiger partial charge in [-0.3, -0.25) is 9.69 Å². The summed E-state index contributed by atoms with van der Waals surface area (Å²) in [6.07, 6.45) is 1.12. The number of rotatable bonds is 4. The van der Waals surface area contributed by atoms with Crippen LogP contribution in [0.25, 0.3) is 0 Å². The van der Waals surface area contributed by atoms with Crippen LogP contribution in [0.1, 0.15) is 13.3 Å². The van der Waals surface area contributed by atoms with Crippen molar-refractivity contribution in [2.45, 2.75) is 19.4 Å². The van der Waals surface area contributed by atoms with Gasteiger partial charge in [-0.05, 0) is 13.0 Å². The Kier molecular flexibility index (Phi) is 5.19.